The predicted molar refractivity (Wildman–Crippen MR) is 106 cm³/mol. The van der Waals surface area contributed by atoms with Crippen LogP contribution in [0.4, 0.5) is 8.78 Å². The third-order valence-corrected chi connectivity index (χ3v) is 4.74. The summed E-state index contributed by atoms with van der Waals surface area (Å²) in [5.41, 5.74) is 5.73. The van der Waals surface area contributed by atoms with E-state index in [0.717, 1.165) is 11.6 Å². The van der Waals surface area contributed by atoms with E-state index in [0.29, 0.717) is 35.0 Å². The van der Waals surface area contributed by atoms with Crippen molar-refractivity contribution in [2.24, 2.45) is 0 Å². The lowest BCUT2D eigenvalue weighted by molar-refractivity contribution is -0.127. The highest BCUT2D eigenvalue weighted by Gasteiger charge is 2.28. The topological polar surface area (TPSA) is 80.2 Å². The molecule has 0 saturated carbocycles. The summed E-state index contributed by atoms with van der Waals surface area (Å²) >= 11 is 0. The van der Waals surface area contributed by atoms with Gasteiger partial charge >= 0.3 is 0 Å². The monoisotopic (exact) mass is 405 g/mol. The molecule has 8 heteroatoms. The molecule has 0 aromatic heterocycles. The highest BCUT2D eigenvalue weighted by Crippen LogP contribution is 2.28. The number of nitriles is 1. The predicted octanol–water partition coefficient (Wildman–Crippen LogP) is 2.99. The van der Waals surface area contributed by atoms with E-state index in [4.69, 9.17) is 5.26 Å². The van der Waals surface area contributed by atoms with E-state index < -0.39 is 11.6 Å². The molecule has 150 valence electrons. The van der Waals surface area contributed by atoms with Crippen molar-refractivity contribution in [3.63, 3.8) is 0 Å². The van der Waals surface area contributed by atoms with Gasteiger partial charge in [-0.2, -0.15) is 5.26 Å². The number of hydrogen-bond donors (Lipinski definition) is 3. The zero-order chi connectivity index (χ0) is 21.3. The molecule has 0 fully saturated rings. The van der Waals surface area contributed by atoms with Crippen LogP contribution in [0.15, 0.2) is 72.0 Å². The highest BCUT2D eigenvalue weighted by atomic mass is 19.1. The number of allylic oxidation sites excluding steroid dienone is 3. The van der Waals surface area contributed by atoms with E-state index >= 15 is 0 Å². The minimum absolute atomic E-state index is 0.226. The Morgan fingerprint density at radius 1 is 1.13 bits per heavy atom. The molecule has 2 heterocycles. The lowest BCUT2D eigenvalue weighted by Gasteiger charge is -2.35. The van der Waals surface area contributed by atoms with E-state index in [1.165, 1.54) is 23.2 Å². The number of nitrogens with zero attached hydrogens (tertiary/aromatic N) is 2. The van der Waals surface area contributed by atoms with Crippen LogP contribution in [0.5, 0.6) is 0 Å². The van der Waals surface area contributed by atoms with Gasteiger partial charge in [0, 0.05) is 35.5 Å². The lowest BCUT2D eigenvalue weighted by atomic mass is 10.0. The second kappa shape index (κ2) is 7.72. The number of amides is 1. The van der Waals surface area contributed by atoms with Crippen molar-refractivity contribution in [2.75, 3.05) is 0 Å². The summed E-state index contributed by atoms with van der Waals surface area (Å²) in [6.45, 7) is 2.15. The molecular formula is C22H17F2N5O. The van der Waals surface area contributed by atoms with Crippen molar-refractivity contribution in [2.45, 2.75) is 13.5 Å². The van der Waals surface area contributed by atoms with Gasteiger partial charge in [0.2, 0.25) is 0 Å². The average Bonchev–Trinajstić information content (AvgIpc) is 2.73. The second-order valence-electron chi connectivity index (χ2n) is 6.82. The fourth-order valence-corrected chi connectivity index (χ4v) is 3.20. The maximum Gasteiger partial charge on any atom is 0.274 e. The molecule has 0 atom stereocenters. The Morgan fingerprint density at radius 3 is 2.60 bits per heavy atom. The number of nitrogens with one attached hydrogen (secondary N) is 3. The smallest absolute Gasteiger partial charge is 0.274 e. The Hall–Kier alpha value is -4.12. The first kappa shape index (κ1) is 19.2. The van der Waals surface area contributed by atoms with Crippen LogP contribution in [-0.4, -0.2) is 10.9 Å². The molecule has 30 heavy (non-hydrogen) atoms. The van der Waals surface area contributed by atoms with Gasteiger partial charge in [-0.3, -0.25) is 10.2 Å². The van der Waals surface area contributed by atoms with Gasteiger partial charge in [0.05, 0.1) is 11.6 Å². The molecule has 6 nitrogen and oxygen atoms in total. The molecule has 2 aliphatic heterocycles. The van der Waals surface area contributed by atoms with Gasteiger partial charge in [-0.25, -0.2) is 13.8 Å². The fourth-order valence-electron chi connectivity index (χ4n) is 3.20. The van der Waals surface area contributed by atoms with Gasteiger partial charge in [-0.05, 0) is 42.8 Å². The zero-order valence-electron chi connectivity index (χ0n) is 16.0. The summed E-state index contributed by atoms with van der Waals surface area (Å²) in [6.07, 6.45) is 3.04. The van der Waals surface area contributed by atoms with Crippen LogP contribution in [0.25, 0.3) is 5.57 Å². The summed E-state index contributed by atoms with van der Waals surface area (Å²) < 4.78 is 27.5. The Balaban J connectivity index is 1.54. The van der Waals surface area contributed by atoms with Crippen LogP contribution in [0, 0.1) is 23.0 Å². The summed E-state index contributed by atoms with van der Waals surface area (Å²) in [4.78, 5) is 12.5. The van der Waals surface area contributed by atoms with Crippen molar-refractivity contribution >= 4 is 11.5 Å². The molecule has 2 aromatic carbocycles. The first-order valence-electron chi connectivity index (χ1n) is 9.15. The number of hydrogen-bond acceptors (Lipinski definition) is 5. The van der Waals surface area contributed by atoms with Gasteiger partial charge in [0.25, 0.3) is 5.91 Å². The Kier molecular flexibility index (Phi) is 4.94. The standard InChI is InChI=1S/C22H17F2N5O/c1-13-18(17-7-6-16(23)8-19(17)24)9-21-27-20(10-22(30)29(21)28-13)26-12-15-4-2-14(11-25)3-5-15/h2-10,26-28H,12H2,1H3. The van der Waals surface area contributed by atoms with Gasteiger partial charge in [0.1, 0.15) is 23.3 Å². The fraction of sp³-hybridized carbons (Fsp3) is 0.0909. The van der Waals surface area contributed by atoms with Gasteiger partial charge in [-0.15, -0.1) is 0 Å². The quantitative estimate of drug-likeness (QED) is 0.729. The van der Waals surface area contributed by atoms with Crippen LogP contribution < -0.4 is 16.1 Å². The molecule has 1 amide bonds. The number of carbonyl (C=O) groups excluding carboxylic acids is 1. The minimum atomic E-state index is -0.687. The molecule has 0 saturated heterocycles. The summed E-state index contributed by atoms with van der Waals surface area (Å²) in [7, 11) is 0. The van der Waals surface area contributed by atoms with Crippen LogP contribution in [0.3, 0.4) is 0 Å². The van der Waals surface area contributed by atoms with E-state index in [9.17, 15) is 13.6 Å². The Bertz CT molecular complexity index is 1160. The van der Waals surface area contributed by atoms with Crippen molar-refractivity contribution in [3.05, 3.63) is 100 Å². The van der Waals surface area contributed by atoms with Crippen molar-refractivity contribution in [1.29, 1.82) is 5.26 Å². The maximum atomic E-state index is 14.3. The molecule has 0 unspecified atom stereocenters. The maximum absolute atomic E-state index is 14.3. The molecule has 0 aliphatic carbocycles. The zero-order valence-corrected chi connectivity index (χ0v) is 16.0. The first-order chi connectivity index (χ1) is 14.4. The number of carbonyl (C=O) groups is 1. The summed E-state index contributed by atoms with van der Waals surface area (Å²) in [6, 6.07) is 12.5. The highest BCUT2D eigenvalue weighted by molar-refractivity contribution is 5.92. The van der Waals surface area contributed by atoms with E-state index in [1.807, 2.05) is 12.1 Å². The summed E-state index contributed by atoms with van der Waals surface area (Å²) in [5, 5.41) is 16.4. The third kappa shape index (κ3) is 3.73. The summed E-state index contributed by atoms with van der Waals surface area (Å²) in [5.74, 6) is -0.759. The number of fused-ring (bicyclic) bond motifs is 1. The normalized spacial score (nSPS) is 15.4. The van der Waals surface area contributed by atoms with Crippen molar-refractivity contribution in [3.8, 4) is 6.07 Å². The number of benzene rings is 2. The molecule has 0 spiro atoms. The SMILES string of the molecule is CC1=C(c2ccc(F)cc2F)C=C2NC(NCc3ccc(C#N)cc3)=CC(=O)N2N1. The number of rotatable bonds is 4. The molecule has 2 aromatic rings. The van der Waals surface area contributed by atoms with Crippen LogP contribution in [-0.2, 0) is 11.3 Å². The molecule has 4 rings (SSSR count). The van der Waals surface area contributed by atoms with E-state index in [1.54, 1.807) is 25.1 Å². The number of halogens is 2. The Morgan fingerprint density at radius 2 is 1.90 bits per heavy atom. The van der Waals surface area contributed by atoms with Crippen LogP contribution in [0.2, 0.25) is 0 Å². The molecular weight excluding hydrogens is 388 g/mol. The van der Waals surface area contributed by atoms with Gasteiger partial charge in [0.15, 0.2) is 0 Å². The van der Waals surface area contributed by atoms with Crippen LogP contribution in [0.1, 0.15) is 23.6 Å². The molecule has 3 N–H and O–H groups in total. The Labute approximate surface area is 171 Å². The van der Waals surface area contributed by atoms with Crippen molar-refractivity contribution in [1.82, 2.24) is 21.1 Å². The van der Waals surface area contributed by atoms with Crippen LogP contribution >= 0.6 is 0 Å². The molecule has 2 aliphatic rings. The van der Waals surface area contributed by atoms with Gasteiger partial charge in [-0.1, -0.05) is 12.1 Å². The largest absolute Gasteiger partial charge is 0.367 e. The van der Waals surface area contributed by atoms with Gasteiger partial charge < -0.3 is 10.6 Å². The second-order valence-corrected chi connectivity index (χ2v) is 6.82. The first-order valence-corrected chi connectivity index (χ1v) is 9.15. The van der Waals surface area contributed by atoms with E-state index in [-0.39, 0.29) is 11.5 Å². The number of hydrazine groups is 1. The molecule has 0 radical (unpaired) electrons. The minimum Gasteiger partial charge on any atom is -0.367 e. The third-order valence-electron chi connectivity index (χ3n) is 4.74. The molecule has 0 bridgehead atoms. The van der Waals surface area contributed by atoms with Crippen molar-refractivity contribution < 1.29 is 13.6 Å². The van der Waals surface area contributed by atoms with E-state index in [2.05, 4.69) is 22.1 Å². The lowest BCUT2D eigenvalue weighted by Crippen LogP contribution is -2.51. The average molecular weight is 405 g/mol.